The molecule has 1 atom stereocenters. The van der Waals surface area contributed by atoms with Crippen molar-refractivity contribution in [3.05, 3.63) is 67.4 Å². The van der Waals surface area contributed by atoms with Crippen molar-refractivity contribution >= 4 is 34.8 Å². The second-order valence-electron chi connectivity index (χ2n) is 7.06. The summed E-state index contributed by atoms with van der Waals surface area (Å²) in [6.07, 6.45) is -3.50. The number of nitrogens with one attached hydrogen (secondary N) is 2. The summed E-state index contributed by atoms with van der Waals surface area (Å²) in [6.45, 7) is 1.22. The lowest BCUT2D eigenvalue weighted by molar-refractivity contribution is -0.384. The van der Waals surface area contributed by atoms with Crippen LogP contribution in [0.1, 0.15) is 40.5 Å². The molecule has 1 saturated heterocycles. The molecule has 2 aromatic rings. The molecule has 31 heavy (non-hydrogen) atoms. The minimum absolute atomic E-state index is 0.0257. The molecule has 1 aromatic carbocycles. The average molecular weight is 477 g/mol. The van der Waals surface area contributed by atoms with Crippen LogP contribution >= 0.6 is 23.2 Å². The number of hydrogen-bond acceptors (Lipinski definition) is 5. The third-order valence-electron chi connectivity index (χ3n) is 5.01. The Kier molecular flexibility index (Phi) is 7.03. The second kappa shape index (κ2) is 9.37. The normalized spacial score (nSPS) is 16.0. The summed E-state index contributed by atoms with van der Waals surface area (Å²) in [6, 6.07) is 4.05. The van der Waals surface area contributed by atoms with Gasteiger partial charge in [-0.2, -0.15) is 13.2 Å². The zero-order chi connectivity index (χ0) is 22.8. The number of benzene rings is 1. The van der Waals surface area contributed by atoms with Gasteiger partial charge in [-0.05, 0) is 50.0 Å². The third-order valence-corrected chi connectivity index (χ3v) is 5.53. The van der Waals surface area contributed by atoms with Gasteiger partial charge in [0.1, 0.15) is 5.15 Å². The summed E-state index contributed by atoms with van der Waals surface area (Å²) >= 11 is 11.9. The van der Waals surface area contributed by atoms with E-state index < -0.39 is 28.6 Å². The summed E-state index contributed by atoms with van der Waals surface area (Å²) in [5.74, 6) is -0.984. The predicted octanol–water partition coefficient (Wildman–Crippen LogP) is 4.79. The molecule has 7 nitrogen and oxygen atoms in total. The molecule has 1 unspecified atom stereocenters. The number of nitro benzene ring substituents is 1. The fourth-order valence-electron chi connectivity index (χ4n) is 3.47. The second-order valence-corrected chi connectivity index (χ2v) is 7.86. The van der Waals surface area contributed by atoms with Gasteiger partial charge in [-0.25, -0.2) is 4.98 Å². The molecular formula is C19H17Cl2F3N4O3. The van der Waals surface area contributed by atoms with E-state index in [0.717, 1.165) is 18.2 Å². The maximum Gasteiger partial charge on any atom is 0.416 e. The smallest absolute Gasteiger partial charge is 0.343 e. The van der Waals surface area contributed by atoms with E-state index in [1.165, 1.54) is 6.07 Å². The summed E-state index contributed by atoms with van der Waals surface area (Å²) in [7, 11) is 0. The molecule has 166 valence electrons. The lowest BCUT2D eigenvalue weighted by atomic mass is 9.87. The Labute approximate surface area is 185 Å². The van der Waals surface area contributed by atoms with Gasteiger partial charge in [-0.3, -0.25) is 14.9 Å². The maximum atomic E-state index is 13.3. The number of rotatable bonds is 5. The fraction of sp³-hybridized carbons (Fsp3) is 0.368. The molecule has 1 aliphatic heterocycles. The molecule has 3 rings (SSSR count). The highest BCUT2D eigenvalue weighted by molar-refractivity contribution is 6.34. The van der Waals surface area contributed by atoms with Crippen LogP contribution in [0.3, 0.4) is 0 Å². The van der Waals surface area contributed by atoms with Crippen LogP contribution in [0.2, 0.25) is 10.2 Å². The summed E-state index contributed by atoms with van der Waals surface area (Å²) in [5.41, 5.74) is -1.52. The van der Waals surface area contributed by atoms with E-state index in [2.05, 4.69) is 15.6 Å². The quantitative estimate of drug-likeness (QED) is 0.367. The molecule has 2 heterocycles. The van der Waals surface area contributed by atoms with E-state index in [9.17, 15) is 28.1 Å². The molecule has 0 spiro atoms. The van der Waals surface area contributed by atoms with Crippen LogP contribution in [0, 0.1) is 16.0 Å². The maximum absolute atomic E-state index is 13.3. The number of nitrogens with zero attached hydrogens (tertiary/aromatic N) is 2. The molecule has 1 aliphatic rings. The van der Waals surface area contributed by atoms with Crippen molar-refractivity contribution < 1.29 is 22.9 Å². The Morgan fingerprint density at radius 1 is 1.23 bits per heavy atom. The van der Waals surface area contributed by atoms with Crippen molar-refractivity contribution in [3.63, 3.8) is 0 Å². The van der Waals surface area contributed by atoms with Gasteiger partial charge in [0, 0.05) is 12.1 Å². The van der Waals surface area contributed by atoms with E-state index >= 15 is 0 Å². The molecular weight excluding hydrogens is 460 g/mol. The van der Waals surface area contributed by atoms with Gasteiger partial charge < -0.3 is 10.6 Å². The highest BCUT2D eigenvalue weighted by atomic mass is 35.5. The number of alkyl halides is 3. The van der Waals surface area contributed by atoms with Crippen LogP contribution in [-0.2, 0) is 6.18 Å². The number of pyridine rings is 1. The Morgan fingerprint density at radius 2 is 1.90 bits per heavy atom. The molecule has 12 heteroatoms. The van der Waals surface area contributed by atoms with Gasteiger partial charge in [0.2, 0.25) is 0 Å². The predicted molar refractivity (Wildman–Crippen MR) is 108 cm³/mol. The van der Waals surface area contributed by atoms with Crippen LogP contribution in [0.15, 0.2) is 30.3 Å². The van der Waals surface area contributed by atoms with Gasteiger partial charge >= 0.3 is 6.18 Å². The van der Waals surface area contributed by atoms with E-state index in [1.54, 1.807) is 0 Å². The monoisotopic (exact) mass is 476 g/mol. The minimum atomic E-state index is -4.65. The Morgan fingerprint density at radius 3 is 2.52 bits per heavy atom. The zero-order valence-corrected chi connectivity index (χ0v) is 17.4. The van der Waals surface area contributed by atoms with E-state index in [1.807, 2.05) is 0 Å². The van der Waals surface area contributed by atoms with Gasteiger partial charge in [0.05, 0.1) is 32.8 Å². The topological polar surface area (TPSA) is 97.2 Å². The van der Waals surface area contributed by atoms with Crippen molar-refractivity contribution in [2.24, 2.45) is 5.92 Å². The van der Waals surface area contributed by atoms with Crippen LogP contribution in [0.4, 0.5) is 18.9 Å². The minimum Gasteiger partial charge on any atom is -0.343 e. The average Bonchev–Trinajstić information content (AvgIpc) is 2.71. The Bertz CT molecular complexity index is 998. The number of halogens is 5. The zero-order valence-electron chi connectivity index (χ0n) is 15.9. The van der Waals surface area contributed by atoms with Crippen molar-refractivity contribution in [2.45, 2.75) is 25.1 Å². The number of nitro groups is 1. The standard InChI is InChI=1S/C19H17Cl2F3N4O3/c20-14-2-1-12(28(30)31)9-13(14)18(29)27-17(10-3-5-25-6-4-10)15-7-11(19(22,23)24)8-16(21)26-15/h1-2,7-10,17,25H,3-6H2,(H,27,29). The first kappa shape index (κ1) is 23.2. The lowest BCUT2D eigenvalue weighted by Gasteiger charge is -2.31. The van der Waals surface area contributed by atoms with Gasteiger partial charge in [0.25, 0.3) is 11.6 Å². The Hall–Kier alpha value is -2.43. The highest BCUT2D eigenvalue weighted by Gasteiger charge is 2.35. The third kappa shape index (κ3) is 5.63. The highest BCUT2D eigenvalue weighted by Crippen LogP contribution is 2.35. The first-order chi connectivity index (χ1) is 14.6. The van der Waals surface area contributed by atoms with Crippen molar-refractivity contribution in [1.29, 1.82) is 0 Å². The van der Waals surface area contributed by atoms with E-state index in [-0.39, 0.29) is 33.0 Å². The first-order valence-corrected chi connectivity index (χ1v) is 10.0. The van der Waals surface area contributed by atoms with Gasteiger partial charge in [-0.1, -0.05) is 23.2 Å². The number of carbonyl (C=O) groups is 1. The number of hydrogen-bond donors (Lipinski definition) is 2. The molecule has 1 aromatic heterocycles. The largest absolute Gasteiger partial charge is 0.416 e. The van der Waals surface area contributed by atoms with E-state index in [4.69, 9.17) is 23.2 Å². The number of piperidine rings is 1. The van der Waals surface area contributed by atoms with E-state index in [0.29, 0.717) is 32.0 Å². The molecule has 1 amide bonds. The fourth-order valence-corrected chi connectivity index (χ4v) is 3.89. The SMILES string of the molecule is O=C(NC(c1cc(C(F)(F)F)cc(Cl)n1)C1CCNCC1)c1cc([N+](=O)[O-])ccc1Cl. The molecule has 0 saturated carbocycles. The molecule has 0 radical (unpaired) electrons. The van der Waals surface area contributed by atoms with Gasteiger partial charge in [-0.15, -0.1) is 0 Å². The molecule has 0 aliphatic carbocycles. The van der Waals surface area contributed by atoms with Crippen LogP contribution in [0.5, 0.6) is 0 Å². The number of non-ortho nitro benzene ring substituents is 1. The van der Waals surface area contributed by atoms with Gasteiger partial charge in [0.15, 0.2) is 0 Å². The molecule has 1 fully saturated rings. The van der Waals surface area contributed by atoms with Crippen LogP contribution < -0.4 is 10.6 Å². The first-order valence-electron chi connectivity index (χ1n) is 9.26. The lowest BCUT2D eigenvalue weighted by Crippen LogP contribution is -2.39. The van der Waals surface area contributed by atoms with Crippen LogP contribution in [0.25, 0.3) is 0 Å². The summed E-state index contributed by atoms with van der Waals surface area (Å²) in [4.78, 5) is 27.3. The van der Waals surface area contributed by atoms with Crippen molar-refractivity contribution in [3.8, 4) is 0 Å². The molecule has 2 N–H and O–H groups in total. The summed E-state index contributed by atoms with van der Waals surface area (Å²) in [5, 5.41) is 16.5. The number of amides is 1. The number of carbonyl (C=O) groups excluding carboxylic acids is 1. The number of aromatic nitrogens is 1. The van der Waals surface area contributed by atoms with Crippen molar-refractivity contribution in [2.75, 3.05) is 13.1 Å². The van der Waals surface area contributed by atoms with Crippen LogP contribution in [-0.4, -0.2) is 28.9 Å². The summed E-state index contributed by atoms with van der Waals surface area (Å²) < 4.78 is 39.9. The van der Waals surface area contributed by atoms with Crippen molar-refractivity contribution in [1.82, 2.24) is 15.6 Å². The Balaban J connectivity index is 2.00. The molecule has 0 bridgehead atoms.